The minimum Gasteiger partial charge on any atom is -0.457 e. The average molecular weight is 706 g/mol. The molecule has 5 aliphatic carbocycles. The van der Waals surface area contributed by atoms with Crippen molar-refractivity contribution in [3.63, 3.8) is 0 Å². The number of hydrogen-bond donors (Lipinski definition) is 1. The molecule has 51 heavy (non-hydrogen) atoms. The largest absolute Gasteiger partial charge is 0.457 e. The van der Waals surface area contributed by atoms with E-state index in [1.54, 1.807) is 13.8 Å². The third kappa shape index (κ3) is 5.22. The SMILES string of the molecule is CC(=O)O[C@@H](C1C[C@@H](C)[C@H]2C(O1)C(=O)[C@@]1(C)C3CC[C@H]4C(C)(C)[C@@H](OC5CN(Cc6ccccc6)CCO5)CC[C@@]45C[C@@]35CC[C@]21C)C(C)(C)O. The summed E-state index contributed by atoms with van der Waals surface area (Å²) in [6.07, 6.45) is 6.61. The first-order valence-electron chi connectivity index (χ1n) is 20.1. The van der Waals surface area contributed by atoms with Crippen molar-refractivity contribution in [2.24, 2.45) is 50.7 Å². The number of rotatable bonds is 7. The fourth-order valence-corrected chi connectivity index (χ4v) is 14.2. The van der Waals surface area contributed by atoms with Crippen LogP contribution in [0.2, 0.25) is 0 Å². The van der Waals surface area contributed by atoms with E-state index >= 15 is 4.79 Å². The maximum absolute atomic E-state index is 15.1. The molecule has 8 heteroatoms. The summed E-state index contributed by atoms with van der Waals surface area (Å²) in [5, 5.41) is 11.0. The van der Waals surface area contributed by atoms with Gasteiger partial charge in [-0.15, -0.1) is 0 Å². The van der Waals surface area contributed by atoms with E-state index in [4.69, 9.17) is 18.9 Å². The van der Waals surface area contributed by atoms with Crippen molar-refractivity contribution in [3.05, 3.63) is 35.9 Å². The fourth-order valence-electron chi connectivity index (χ4n) is 14.2. The lowest BCUT2D eigenvalue weighted by atomic mass is 9.41. The van der Waals surface area contributed by atoms with Gasteiger partial charge in [0.1, 0.15) is 6.10 Å². The standard InChI is InChI=1S/C43H63NO7/c1-26-22-29(37(39(5,6)47)49-27(2)45)50-35-34(26)40(7)18-19-43-25-42(43)17-16-32(38(3,4)30(42)14-15-31(43)41(40,8)36(35)46)51-33-24-44(20-21-48-33)23-28-12-10-9-11-13-28/h9-13,26,29-35,37,47H,14-25H2,1-8H3/t26-,29?,30+,31?,32+,33?,34+,35?,37+,40-,41-,42-,43+/m1/s1. The monoisotopic (exact) mass is 705 g/mol. The Kier molecular flexibility index (Phi) is 8.56. The van der Waals surface area contributed by atoms with Crippen LogP contribution in [-0.2, 0) is 35.1 Å². The second kappa shape index (κ2) is 12.1. The molecule has 13 atom stereocenters. The topological polar surface area (TPSA) is 94.5 Å². The Morgan fingerprint density at radius 2 is 1.75 bits per heavy atom. The molecular weight excluding hydrogens is 642 g/mol. The number of esters is 1. The predicted octanol–water partition coefficient (Wildman–Crippen LogP) is 6.95. The van der Waals surface area contributed by atoms with Crippen LogP contribution >= 0.6 is 0 Å². The van der Waals surface area contributed by atoms with E-state index < -0.39 is 35.3 Å². The number of ketones is 1. The maximum atomic E-state index is 15.1. The highest BCUT2D eigenvalue weighted by Crippen LogP contribution is 2.89. The molecule has 0 bridgehead atoms. The zero-order chi connectivity index (χ0) is 36.4. The Morgan fingerprint density at radius 1 is 1.04 bits per heavy atom. The first-order chi connectivity index (χ1) is 24.0. The van der Waals surface area contributed by atoms with Gasteiger partial charge >= 0.3 is 5.97 Å². The molecule has 8 rings (SSSR count). The van der Waals surface area contributed by atoms with Gasteiger partial charge in [0.15, 0.2) is 18.2 Å². The number of aliphatic hydroxyl groups is 1. The maximum Gasteiger partial charge on any atom is 0.303 e. The summed E-state index contributed by atoms with van der Waals surface area (Å²) in [4.78, 5) is 29.6. The lowest BCUT2D eigenvalue weighted by Crippen LogP contribution is -2.59. The van der Waals surface area contributed by atoms with Gasteiger partial charge in [0.2, 0.25) is 0 Å². The van der Waals surface area contributed by atoms with E-state index in [0.717, 1.165) is 45.3 Å². The number of carbonyl (C=O) groups is 2. The van der Waals surface area contributed by atoms with Gasteiger partial charge in [0, 0.05) is 37.9 Å². The Morgan fingerprint density at radius 3 is 2.45 bits per heavy atom. The van der Waals surface area contributed by atoms with Crippen molar-refractivity contribution < 1.29 is 33.6 Å². The third-order valence-corrected chi connectivity index (χ3v) is 16.5. The van der Waals surface area contributed by atoms with Gasteiger partial charge in [-0.1, -0.05) is 65.0 Å². The molecule has 2 spiro atoms. The summed E-state index contributed by atoms with van der Waals surface area (Å²) in [5.41, 5.74) is -0.113. The molecule has 4 unspecified atom stereocenters. The van der Waals surface area contributed by atoms with Crippen LogP contribution in [0.15, 0.2) is 30.3 Å². The Hall–Kier alpha value is -1.84. The molecule has 5 saturated carbocycles. The molecule has 1 aromatic rings. The number of carbonyl (C=O) groups excluding carboxylic acids is 2. The van der Waals surface area contributed by atoms with E-state index in [0.29, 0.717) is 24.9 Å². The smallest absolute Gasteiger partial charge is 0.303 e. The van der Waals surface area contributed by atoms with Crippen LogP contribution in [0.4, 0.5) is 0 Å². The molecule has 2 saturated heterocycles. The van der Waals surface area contributed by atoms with E-state index in [1.807, 2.05) is 0 Å². The summed E-state index contributed by atoms with van der Waals surface area (Å²) in [6.45, 7) is 19.9. The van der Waals surface area contributed by atoms with Crippen LogP contribution in [0.5, 0.6) is 0 Å². The summed E-state index contributed by atoms with van der Waals surface area (Å²) >= 11 is 0. The molecule has 0 radical (unpaired) electrons. The lowest BCUT2D eigenvalue weighted by Gasteiger charge is -2.62. The van der Waals surface area contributed by atoms with E-state index in [1.165, 1.54) is 31.7 Å². The van der Waals surface area contributed by atoms with Crippen LogP contribution in [-0.4, -0.2) is 77.8 Å². The van der Waals surface area contributed by atoms with Gasteiger partial charge in [-0.3, -0.25) is 14.5 Å². The number of hydrogen-bond acceptors (Lipinski definition) is 8. The molecule has 8 nitrogen and oxygen atoms in total. The molecule has 7 aliphatic rings. The summed E-state index contributed by atoms with van der Waals surface area (Å²) in [6, 6.07) is 10.7. The quantitative estimate of drug-likeness (QED) is 0.305. The minimum atomic E-state index is -1.28. The fraction of sp³-hybridized carbons (Fsp3) is 0.814. The molecule has 2 heterocycles. The highest BCUT2D eigenvalue weighted by molar-refractivity contribution is 5.93. The van der Waals surface area contributed by atoms with Gasteiger partial charge in [-0.25, -0.2) is 0 Å². The summed E-state index contributed by atoms with van der Waals surface area (Å²) < 4.78 is 25.7. The normalized spacial score (nSPS) is 46.5. The zero-order valence-corrected chi connectivity index (χ0v) is 32.4. The number of nitrogens with zero attached hydrogens (tertiary/aromatic N) is 1. The predicted molar refractivity (Wildman–Crippen MR) is 193 cm³/mol. The molecule has 282 valence electrons. The number of fused-ring (bicyclic) bond motifs is 4. The first-order valence-corrected chi connectivity index (χ1v) is 20.1. The van der Waals surface area contributed by atoms with Crippen molar-refractivity contribution in [1.29, 1.82) is 0 Å². The van der Waals surface area contributed by atoms with E-state index in [2.05, 4.69) is 69.9 Å². The number of morpholine rings is 1. The van der Waals surface area contributed by atoms with Gasteiger partial charge in [-0.2, -0.15) is 0 Å². The highest BCUT2D eigenvalue weighted by Gasteiger charge is 2.85. The van der Waals surface area contributed by atoms with Gasteiger partial charge in [-0.05, 0) is 110 Å². The number of ether oxygens (including phenoxy) is 4. The summed E-state index contributed by atoms with van der Waals surface area (Å²) in [5.74, 6) is 1.05. The van der Waals surface area contributed by atoms with Crippen molar-refractivity contribution in [1.82, 2.24) is 4.90 Å². The van der Waals surface area contributed by atoms with E-state index in [-0.39, 0.29) is 51.7 Å². The number of benzene rings is 1. The molecule has 2 aliphatic heterocycles. The Labute approximate surface area is 305 Å². The molecule has 0 aromatic heterocycles. The minimum absolute atomic E-state index is 0.0147. The molecule has 7 fully saturated rings. The number of Topliss-reactive ketones (excluding diaryl/α,β-unsaturated/α-hetero) is 1. The lowest BCUT2D eigenvalue weighted by molar-refractivity contribution is -0.247. The zero-order valence-electron chi connectivity index (χ0n) is 32.4. The third-order valence-electron chi connectivity index (χ3n) is 16.5. The molecular formula is C43H63NO7. The summed E-state index contributed by atoms with van der Waals surface area (Å²) in [7, 11) is 0. The first kappa shape index (κ1) is 36.2. The van der Waals surface area contributed by atoms with Crippen LogP contribution in [0, 0.1) is 50.7 Å². The van der Waals surface area contributed by atoms with Crippen molar-refractivity contribution in [2.75, 3.05) is 19.7 Å². The van der Waals surface area contributed by atoms with Gasteiger partial charge < -0.3 is 24.1 Å². The van der Waals surface area contributed by atoms with Crippen LogP contribution < -0.4 is 0 Å². The highest BCUT2D eigenvalue weighted by atomic mass is 16.7. The van der Waals surface area contributed by atoms with Crippen molar-refractivity contribution in [3.8, 4) is 0 Å². The van der Waals surface area contributed by atoms with Crippen molar-refractivity contribution in [2.45, 2.75) is 150 Å². The molecule has 1 aromatic carbocycles. The van der Waals surface area contributed by atoms with E-state index in [9.17, 15) is 9.90 Å². The molecule has 1 N–H and O–H groups in total. The van der Waals surface area contributed by atoms with Crippen LogP contribution in [0.1, 0.15) is 112 Å². The Balaban J connectivity index is 1.00. The average Bonchev–Trinajstić information content (AvgIpc) is 3.70. The Bertz CT molecular complexity index is 1520. The van der Waals surface area contributed by atoms with Gasteiger partial charge in [0.25, 0.3) is 0 Å². The second-order valence-corrected chi connectivity index (χ2v) is 19.7. The molecule has 0 amide bonds. The van der Waals surface area contributed by atoms with Crippen molar-refractivity contribution >= 4 is 11.8 Å². The van der Waals surface area contributed by atoms with Crippen LogP contribution in [0.3, 0.4) is 0 Å². The van der Waals surface area contributed by atoms with Crippen LogP contribution in [0.25, 0.3) is 0 Å². The second-order valence-electron chi connectivity index (χ2n) is 19.7. The van der Waals surface area contributed by atoms with Gasteiger partial charge in [0.05, 0.1) is 24.4 Å².